The van der Waals surface area contributed by atoms with Crippen molar-refractivity contribution in [3.05, 3.63) is 35.4 Å². The molecule has 1 aromatic rings. The number of fused-ring (bicyclic) bond motifs is 1. The third-order valence-electron chi connectivity index (χ3n) is 3.46. The van der Waals surface area contributed by atoms with Gasteiger partial charge in [-0.2, -0.15) is 0 Å². The predicted octanol–water partition coefficient (Wildman–Crippen LogP) is 1.83. The molecule has 0 saturated heterocycles. The van der Waals surface area contributed by atoms with Crippen molar-refractivity contribution in [3.63, 3.8) is 0 Å². The summed E-state index contributed by atoms with van der Waals surface area (Å²) in [4.78, 5) is 37.0. The second kappa shape index (κ2) is 6.52. The van der Waals surface area contributed by atoms with Gasteiger partial charge in [-0.05, 0) is 30.9 Å². The van der Waals surface area contributed by atoms with E-state index in [9.17, 15) is 14.4 Å². The summed E-state index contributed by atoms with van der Waals surface area (Å²) in [6, 6.07) is 6.63. The fourth-order valence-corrected chi connectivity index (χ4v) is 2.32. The van der Waals surface area contributed by atoms with Gasteiger partial charge in [0.2, 0.25) is 5.91 Å². The Morgan fingerprint density at radius 1 is 1.14 bits per heavy atom. The molecule has 5 heteroatoms. The van der Waals surface area contributed by atoms with Crippen molar-refractivity contribution in [3.8, 4) is 0 Å². The summed E-state index contributed by atoms with van der Waals surface area (Å²) in [6.45, 7) is 4.61. The minimum absolute atomic E-state index is 0.214. The van der Waals surface area contributed by atoms with Crippen LogP contribution in [0.3, 0.4) is 0 Å². The lowest BCUT2D eigenvalue weighted by molar-refractivity contribution is -0.121. The third kappa shape index (κ3) is 3.48. The fourth-order valence-electron chi connectivity index (χ4n) is 2.32. The van der Waals surface area contributed by atoms with Gasteiger partial charge in [0.05, 0.1) is 11.1 Å². The standard InChI is InChI=1S/C16H20N2O3/c1-11(2)6-5-9-17-14(19)10-18-15(20)12-7-3-4-8-13(12)16(18)21/h3-4,7-8,11H,5-6,9-10H2,1-2H3,(H,17,19). The topological polar surface area (TPSA) is 66.5 Å². The minimum atomic E-state index is -0.395. The third-order valence-corrected chi connectivity index (χ3v) is 3.46. The maximum absolute atomic E-state index is 12.1. The molecule has 112 valence electrons. The number of carbonyl (C=O) groups excluding carboxylic acids is 3. The van der Waals surface area contributed by atoms with E-state index >= 15 is 0 Å². The van der Waals surface area contributed by atoms with E-state index < -0.39 is 11.8 Å². The molecule has 0 unspecified atom stereocenters. The monoisotopic (exact) mass is 288 g/mol. The van der Waals surface area contributed by atoms with E-state index in [-0.39, 0.29) is 12.5 Å². The molecule has 5 nitrogen and oxygen atoms in total. The highest BCUT2D eigenvalue weighted by Crippen LogP contribution is 2.21. The van der Waals surface area contributed by atoms with E-state index in [1.54, 1.807) is 24.3 Å². The van der Waals surface area contributed by atoms with E-state index in [0.29, 0.717) is 23.6 Å². The Hall–Kier alpha value is -2.17. The quantitative estimate of drug-likeness (QED) is 0.641. The molecule has 1 aromatic carbocycles. The molecule has 0 aromatic heterocycles. The molecule has 1 N–H and O–H groups in total. The number of rotatable bonds is 6. The number of hydrogen-bond acceptors (Lipinski definition) is 3. The molecule has 21 heavy (non-hydrogen) atoms. The van der Waals surface area contributed by atoms with Gasteiger partial charge < -0.3 is 5.32 Å². The van der Waals surface area contributed by atoms with E-state index in [0.717, 1.165) is 17.7 Å². The Balaban J connectivity index is 1.88. The van der Waals surface area contributed by atoms with Crippen molar-refractivity contribution in [2.24, 2.45) is 5.92 Å². The zero-order valence-electron chi connectivity index (χ0n) is 12.4. The van der Waals surface area contributed by atoms with Crippen LogP contribution in [0.4, 0.5) is 0 Å². The molecule has 0 radical (unpaired) electrons. The Kier molecular flexibility index (Phi) is 4.73. The number of imide groups is 1. The molecular weight excluding hydrogens is 268 g/mol. The summed E-state index contributed by atoms with van der Waals surface area (Å²) in [5, 5.41) is 2.75. The van der Waals surface area contributed by atoms with E-state index in [4.69, 9.17) is 0 Å². The summed E-state index contributed by atoms with van der Waals surface area (Å²) in [6.07, 6.45) is 1.93. The summed E-state index contributed by atoms with van der Waals surface area (Å²) in [7, 11) is 0. The van der Waals surface area contributed by atoms with Crippen LogP contribution < -0.4 is 5.32 Å². The normalized spacial score (nSPS) is 13.8. The first-order valence-electron chi connectivity index (χ1n) is 7.22. The number of benzene rings is 1. The van der Waals surface area contributed by atoms with E-state index in [2.05, 4.69) is 19.2 Å². The van der Waals surface area contributed by atoms with Crippen LogP contribution in [0.1, 0.15) is 47.4 Å². The van der Waals surface area contributed by atoms with Crippen molar-refractivity contribution in [1.82, 2.24) is 10.2 Å². The van der Waals surface area contributed by atoms with E-state index in [1.807, 2.05) is 0 Å². The molecule has 0 saturated carbocycles. The average molecular weight is 288 g/mol. The SMILES string of the molecule is CC(C)CCCNC(=O)CN1C(=O)c2ccccc2C1=O. The van der Waals surface area contributed by atoms with Crippen molar-refractivity contribution >= 4 is 17.7 Å². The molecule has 0 atom stereocenters. The average Bonchev–Trinajstić information content (AvgIpc) is 2.69. The molecule has 1 heterocycles. The van der Waals surface area contributed by atoms with Crippen molar-refractivity contribution < 1.29 is 14.4 Å². The second-order valence-electron chi connectivity index (χ2n) is 5.63. The molecule has 0 spiro atoms. The van der Waals surface area contributed by atoms with Crippen LogP contribution >= 0.6 is 0 Å². The number of amides is 3. The molecule has 1 aliphatic rings. The number of hydrogen-bond donors (Lipinski definition) is 1. The molecule has 1 aliphatic heterocycles. The molecule has 0 fully saturated rings. The van der Waals surface area contributed by atoms with Crippen LogP contribution in [0.15, 0.2) is 24.3 Å². The van der Waals surface area contributed by atoms with Crippen molar-refractivity contribution in [2.45, 2.75) is 26.7 Å². The maximum Gasteiger partial charge on any atom is 0.262 e. The minimum Gasteiger partial charge on any atom is -0.355 e. The lowest BCUT2D eigenvalue weighted by atomic mass is 10.1. The highest BCUT2D eigenvalue weighted by molar-refractivity contribution is 6.22. The fraction of sp³-hybridized carbons (Fsp3) is 0.438. The Morgan fingerprint density at radius 3 is 2.24 bits per heavy atom. The Labute approximate surface area is 124 Å². The Bertz CT molecular complexity index is 531. The van der Waals surface area contributed by atoms with Crippen LogP contribution in [0, 0.1) is 5.92 Å². The van der Waals surface area contributed by atoms with Crippen LogP contribution in [-0.4, -0.2) is 35.7 Å². The number of nitrogens with zero attached hydrogens (tertiary/aromatic N) is 1. The first-order valence-corrected chi connectivity index (χ1v) is 7.22. The molecule has 0 bridgehead atoms. The van der Waals surface area contributed by atoms with Crippen molar-refractivity contribution in [1.29, 1.82) is 0 Å². The predicted molar refractivity (Wildman–Crippen MR) is 78.9 cm³/mol. The maximum atomic E-state index is 12.1. The highest BCUT2D eigenvalue weighted by Gasteiger charge is 2.36. The second-order valence-corrected chi connectivity index (χ2v) is 5.63. The first-order chi connectivity index (χ1) is 10.0. The smallest absolute Gasteiger partial charge is 0.262 e. The van der Waals surface area contributed by atoms with Crippen LogP contribution in [0.25, 0.3) is 0 Å². The first kappa shape index (κ1) is 15.2. The largest absolute Gasteiger partial charge is 0.355 e. The lowest BCUT2D eigenvalue weighted by Gasteiger charge is -2.13. The highest BCUT2D eigenvalue weighted by atomic mass is 16.2. The number of carbonyl (C=O) groups is 3. The van der Waals surface area contributed by atoms with Crippen molar-refractivity contribution in [2.75, 3.05) is 13.1 Å². The zero-order chi connectivity index (χ0) is 15.4. The summed E-state index contributed by atoms with van der Waals surface area (Å²) < 4.78 is 0. The number of nitrogens with one attached hydrogen (secondary N) is 1. The van der Waals surface area contributed by atoms with Gasteiger partial charge >= 0.3 is 0 Å². The Morgan fingerprint density at radius 2 is 1.71 bits per heavy atom. The van der Waals surface area contributed by atoms with Crippen LogP contribution in [0.2, 0.25) is 0 Å². The van der Waals surface area contributed by atoms with Crippen LogP contribution in [-0.2, 0) is 4.79 Å². The molecule has 3 amide bonds. The molecule has 0 aliphatic carbocycles. The zero-order valence-corrected chi connectivity index (χ0v) is 12.4. The van der Waals surface area contributed by atoms with Gasteiger partial charge in [0.1, 0.15) is 6.54 Å². The van der Waals surface area contributed by atoms with E-state index in [1.165, 1.54) is 0 Å². The summed E-state index contributed by atoms with van der Waals surface area (Å²) >= 11 is 0. The van der Waals surface area contributed by atoms with Gasteiger partial charge in [-0.1, -0.05) is 26.0 Å². The van der Waals surface area contributed by atoms with Gasteiger partial charge in [-0.25, -0.2) is 0 Å². The lowest BCUT2D eigenvalue weighted by Crippen LogP contribution is -2.40. The van der Waals surface area contributed by atoms with Gasteiger partial charge in [0, 0.05) is 6.54 Å². The van der Waals surface area contributed by atoms with Gasteiger partial charge in [0.25, 0.3) is 11.8 Å². The van der Waals surface area contributed by atoms with Crippen LogP contribution in [0.5, 0.6) is 0 Å². The van der Waals surface area contributed by atoms with Gasteiger partial charge in [-0.3, -0.25) is 19.3 Å². The van der Waals surface area contributed by atoms with Gasteiger partial charge in [0.15, 0.2) is 0 Å². The molecule has 2 rings (SSSR count). The van der Waals surface area contributed by atoms with Gasteiger partial charge in [-0.15, -0.1) is 0 Å². The molecular formula is C16H20N2O3. The summed E-state index contributed by atoms with van der Waals surface area (Å²) in [5.74, 6) is -0.493. The summed E-state index contributed by atoms with van der Waals surface area (Å²) in [5.41, 5.74) is 0.741.